The Hall–Kier alpha value is -1.86. The van der Waals surface area contributed by atoms with E-state index in [4.69, 9.17) is 21.6 Å². The molecule has 0 saturated carbocycles. The fraction of sp³-hybridized carbons (Fsp3) is 0.308. The second kappa shape index (κ2) is 6.77. The summed E-state index contributed by atoms with van der Waals surface area (Å²) >= 11 is 5.50. The highest BCUT2D eigenvalue weighted by Crippen LogP contribution is 2.17. The van der Waals surface area contributed by atoms with Crippen molar-refractivity contribution in [2.24, 2.45) is 0 Å². The first kappa shape index (κ1) is 14.2. The summed E-state index contributed by atoms with van der Waals surface area (Å²) in [7, 11) is 0. The number of nitrogens with zero attached hydrogens (tertiary/aromatic N) is 1. The van der Waals surface area contributed by atoms with Crippen molar-refractivity contribution in [3.05, 3.63) is 34.9 Å². The van der Waals surface area contributed by atoms with Crippen molar-refractivity contribution < 1.29 is 14.3 Å². The summed E-state index contributed by atoms with van der Waals surface area (Å²) in [4.78, 5) is 23.4. The number of rotatable bonds is 5. The quantitative estimate of drug-likeness (QED) is 0.466. The maximum atomic E-state index is 11.8. The molecule has 0 unspecified atom stereocenters. The van der Waals surface area contributed by atoms with Crippen LogP contribution in [-0.2, 0) is 4.74 Å². The smallest absolute Gasteiger partial charge is 0.339 e. The number of ketones is 1. The second-order valence-electron chi connectivity index (χ2n) is 3.42. The molecule has 1 rings (SSSR count). The Kier molecular flexibility index (Phi) is 5.34. The molecule has 1 aromatic carbocycles. The summed E-state index contributed by atoms with van der Waals surface area (Å²) in [5.41, 5.74) is 0.370. The molecule has 0 amide bonds. The molecule has 0 aliphatic heterocycles. The molecule has 18 heavy (non-hydrogen) atoms. The van der Waals surface area contributed by atoms with Crippen LogP contribution >= 0.6 is 11.6 Å². The highest BCUT2D eigenvalue weighted by Gasteiger charge is 2.19. The number of carbonyl (C=O) groups is 2. The molecule has 0 aliphatic rings. The lowest BCUT2D eigenvalue weighted by Gasteiger charge is -2.07. The Bertz CT molecular complexity index is 469. The van der Waals surface area contributed by atoms with Gasteiger partial charge in [-0.3, -0.25) is 4.79 Å². The van der Waals surface area contributed by atoms with Crippen LogP contribution in [0.2, 0.25) is 0 Å². The van der Waals surface area contributed by atoms with Crippen LogP contribution < -0.4 is 0 Å². The number of nitriles is 1. The Morgan fingerprint density at radius 3 is 2.61 bits per heavy atom. The highest BCUT2D eigenvalue weighted by atomic mass is 35.5. The van der Waals surface area contributed by atoms with Crippen LogP contribution in [0.5, 0.6) is 0 Å². The van der Waals surface area contributed by atoms with E-state index in [1.165, 1.54) is 12.1 Å². The molecule has 0 aromatic heterocycles. The van der Waals surface area contributed by atoms with Crippen LogP contribution in [0.1, 0.15) is 39.6 Å². The van der Waals surface area contributed by atoms with E-state index in [1.54, 1.807) is 13.0 Å². The molecule has 0 atom stereocenters. The molecule has 0 N–H and O–H groups in total. The number of alkyl halides is 1. The van der Waals surface area contributed by atoms with Gasteiger partial charge in [0.25, 0.3) is 0 Å². The van der Waals surface area contributed by atoms with Gasteiger partial charge in [0, 0.05) is 17.9 Å². The largest absolute Gasteiger partial charge is 0.462 e. The number of benzene rings is 1. The zero-order valence-corrected chi connectivity index (χ0v) is 10.7. The molecule has 0 aliphatic carbocycles. The van der Waals surface area contributed by atoms with Crippen LogP contribution in [-0.4, -0.2) is 24.2 Å². The maximum Gasteiger partial charge on any atom is 0.339 e. The molecular weight excluding hydrogens is 254 g/mol. The average Bonchev–Trinajstić information content (AvgIpc) is 2.38. The number of esters is 1. The van der Waals surface area contributed by atoms with Gasteiger partial charge in [-0.25, -0.2) is 4.79 Å². The molecule has 1 aromatic rings. The first-order valence-electron chi connectivity index (χ1n) is 5.45. The Morgan fingerprint density at radius 2 is 2.06 bits per heavy atom. The van der Waals surface area contributed by atoms with Gasteiger partial charge in [-0.05, 0) is 13.0 Å². The number of hydrogen-bond acceptors (Lipinski definition) is 4. The zero-order chi connectivity index (χ0) is 13.5. The van der Waals surface area contributed by atoms with Crippen molar-refractivity contribution in [3.8, 4) is 6.07 Å². The number of carbonyl (C=O) groups excluding carboxylic acids is 2. The summed E-state index contributed by atoms with van der Waals surface area (Å²) in [5.74, 6) is -0.685. The van der Waals surface area contributed by atoms with Crippen LogP contribution in [0.25, 0.3) is 0 Å². The lowest BCUT2D eigenvalue weighted by molar-refractivity contribution is 0.0526. The topological polar surface area (TPSA) is 67.2 Å². The van der Waals surface area contributed by atoms with Crippen LogP contribution in [0.4, 0.5) is 0 Å². The standard InChI is InChI=1S/C13H12ClNO3/c1-2-18-13(17)10-5-3-4-9(11(10)8-15)12(16)6-7-14/h3-5H,2,6-7H2,1H3. The fourth-order valence-corrected chi connectivity index (χ4v) is 1.68. The van der Waals surface area contributed by atoms with E-state index in [-0.39, 0.29) is 41.4 Å². The van der Waals surface area contributed by atoms with Crippen molar-refractivity contribution in [1.82, 2.24) is 0 Å². The van der Waals surface area contributed by atoms with Gasteiger partial charge in [0.2, 0.25) is 0 Å². The minimum absolute atomic E-state index is 0.0473. The second-order valence-corrected chi connectivity index (χ2v) is 3.80. The van der Waals surface area contributed by atoms with Crippen molar-refractivity contribution in [3.63, 3.8) is 0 Å². The number of Topliss-reactive ketones (excluding diaryl/α,β-unsaturated/α-hetero) is 1. The third-order valence-electron chi connectivity index (χ3n) is 2.29. The van der Waals surface area contributed by atoms with E-state index in [2.05, 4.69) is 0 Å². The predicted octanol–water partition coefficient (Wildman–Crippen LogP) is 2.55. The van der Waals surface area contributed by atoms with E-state index in [9.17, 15) is 9.59 Å². The fourth-order valence-electron chi connectivity index (χ4n) is 1.50. The van der Waals surface area contributed by atoms with Crippen molar-refractivity contribution in [1.29, 1.82) is 5.26 Å². The molecule has 0 bridgehead atoms. The Labute approximate surface area is 110 Å². The summed E-state index contributed by atoms with van der Waals surface area (Å²) < 4.78 is 4.84. The third kappa shape index (κ3) is 3.08. The predicted molar refractivity (Wildman–Crippen MR) is 66.8 cm³/mol. The average molecular weight is 266 g/mol. The first-order valence-corrected chi connectivity index (χ1v) is 5.98. The number of halogens is 1. The zero-order valence-electron chi connectivity index (χ0n) is 9.90. The van der Waals surface area contributed by atoms with E-state index in [0.29, 0.717) is 0 Å². The number of ether oxygens (including phenoxy) is 1. The molecule has 94 valence electrons. The molecule has 0 spiro atoms. The van der Waals surface area contributed by atoms with Gasteiger partial charge in [-0.2, -0.15) is 5.26 Å². The monoisotopic (exact) mass is 265 g/mol. The van der Waals surface area contributed by atoms with Crippen LogP contribution in [0.3, 0.4) is 0 Å². The van der Waals surface area contributed by atoms with Gasteiger partial charge in [-0.15, -0.1) is 11.6 Å². The summed E-state index contributed by atoms with van der Waals surface area (Å²) in [5, 5.41) is 9.09. The lowest BCUT2D eigenvalue weighted by Crippen LogP contribution is -2.11. The first-order chi connectivity index (χ1) is 8.65. The Balaban J connectivity index is 3.23. The minimum atomic E-state index is -0.602. The minimum Gasteiger partial charge on any atom is -0.462 e. The van der Waals surface area contributed by atoms with Crippen molar-refractivity contribution in [2.75, 3.05) is 12.5 Å². The SMILES string of the molecule is CCOC(=O)c1cccc(C(=O)CCCl)c1C#N. The molecule has 0 fully saturated rings. The third-order valence-corrected chi connectivity index (χ3v) is 2.48. The van der Waals surface area contributed by atoms with Gasteiger partial charge in [0.1, 0.15) is 6.07 Å². The van der Waals surface area contributed by atoms with Crippen LogP contribution in [0.15, 0.2) is 18.2 Å². The summed E-state index contributed by atoms with van der Waals surface area (Å²) in [6.45, 7) is 1.88. The number of hydrogen-bond donors (Lipinski definition) is 0. The molecule has 4 nitrogen and oxygen atoms in total. The van der Waals surface area contributed by atoms with Gasteiger partial charge < -0.3 is 4.74 Å². The lowest BCUT2D eigenvalue weighted by atomic mass is 9.98. The van der Waals surface area contributed by atoms with Crippen molar-refractivity contribution in [2.45, 2.75) is 13.3 Å². The van der Waals surface area contributed by atoms with Gasteiger partial charge in [0.15, 0.2) is 5.78 Å². The molecule has 0 heterocycles. The molecular formula is C13H12ClNO3. The van der Waals surface area contributed by atoms with E-state index in [1.807, 2.05) is 6.07 Å². The highest BCUT2D eigenvalue weighted by molar-refractivity contribution is 6.19. The molecule has 5 heteroatoms. The van der Waals surface area contributed by atoms with E-state index < -0.39 is 5.97 Å². The van der Waals surface area contributed by atoms with E-state index in [0.717, 1.165) is 0 Å². The summed E-state index contributed by atoms with van der Waals surface area (Å²) in [6, 6.07) is 6.40. The normalized spacial score (nSPS) is 9.61. The van der Waals surface area contributed by atoms with E-state index >= 15 is 0 Å². The van der Waals surface area contributed by atoms with Crippen molar-refractivity contribution >= 4 is 23.4 Å². The van der Waals surface area contributed by atoms with Gasteiger partial charge >= 0.3 is 5.97 Å². The van der Waals surface area contributed by atoms with Gasteiger partial charge in [0.05, 0.1) is 17.7 Å². The molecule has 0 radical (unpaired) electrons. The summed E-state index contributed by atoms with van der Waals surface area (Å²) in [6.07, 6.45) is 0.127. The Morgan fingerprint density at radius 1 is 1.39 bits per heavy atom. The maximum absolute atomic E-state index is 11.8. The van der Waals surface area contributed by atoms with Crippen LogP contribution in [0, 0.1) is 11.3 Å². The van der Waals surface area contributed by atoms with Gasteiger partial charge in [-0.1, -0.05) is 12.1 Å². The molecule has 0 saturated heterocycles.